The summed E-state index contributed by atoms with van der Waals surface area (Å²) in [7, 11) is 3.28. The number of nitrogens with zero attached hydrogens (tertiary/aromatic N) is 2. The monoisotopic (exact) mass is 407 g/mol. The standard InChI is InChI=1S/C22H21N3O3S/c1-27-11-10-25-19-9-4-3-6-15(19)12-20(25)22-24-18(14-29-22)21(26)23-16-7-5-8-17(13-16)28-2/h3-9,12-14H,10-11H2,1-2H3,(H,23,26). The van der Waals surface area contributed by atoms with Gasteiger partial charge in [-0.1, -0.05) is 24.3 Å². The number of fused-ring (bicyclic) bond motifs is 1. The van der Waals surface area contributed by atoms with Gasteiger partial charge >= 0.3 is 0 Å². The minimum Gasteiger partial charge on any atom is -0.497 e. The van der Waals surface area contributed by atoms with E-state index in [4.69, 9.17) is 9.47 Å². The van der Waals surface area contributed by atoms with Crippen molar-refractivity contribution in [3.63, 3.8) is 0 Å². The summed E-state index contributed by atoms with van der Waals surface area (Å²) in [6.07, 6.45) is 0. The van der Waals surface area contributed by atoms with Crippen LogP contribution in [0.4, 0.5) is 5.69 Å². The average molecular weight is 407 g/mol. The fourth-order valence-electron chi connectivity index (χ4n) is 3.20. The van der Waals surface area contributed by atoms with Crippen LogP contribution in [0.1, 0.15) is 10.5 Å². The van der Waals surface area contributed by atoms with E-state index in [-0.39, 0.29) is 5.91 Å². The molecule has 0 unspecified atom stereocenters. The van der Waals surface area contributed by atoms with Gasteiger partial charge in [0.25, 0.3) is 5.91 Å². The fourth-order valence-corrected chi connectivity index (χ4v) is 4.03. The number of amides is 1. The van der Waals surface area contributed by atoms with Crippen molar-refractivity contribution in [1.29, 1.82) is 0 Å². The fraction of sp³-hybridized carbons (Fsp3) is 0.182. The molecule has 2 aromatic carbocycles. The lowest BCUT2D eigenvalue weighted by Gasteiger charge is -2.08. The first-order valence-corrected chi connectivity index (χ1v) is 10.1. The minimum absolute atomic E-state index is 0.250. The van der Waals surface area contributed by atoms with E-state index in [1.807, 2.05) is 30.3 Å². The zero-order valence-corrected chi connectivity index (χ0v) is 17.0. The van der Waals surface area contributed by atoms with Crippen molar-refractivity contribution in [2.24, 2.45) is 0 Å². The third-order valence-corrected chi connectivity index (χ3v) is 5.48. The van der Waals surface area contributed by atoms with Gasteiger partial charge in [0.1, 0.15) is 16.5 Å². The minimum atomic E-state index is -0.250. The van der Waals surface area contributed by atoms with Crippen LogP contribution in [0, 0.1) is 0 Å². The third-order valence-electron chi connectivity index (χ3n) is 4.61. The second-order valence-electron chi connectivity index (χ2n) is 6.46. The highest BCUT2D eigenvalue weighted by atomic mass is 32.1. The van der Waals surface area contributed by atoms with Gasteiger partial charge in [0, 0.05) is 41.7 Å². The molecule has 4 aromatic rings. The Morgan fingerprint density at radius 2 is 2.00 bits per heavy atom. The molecule has 0 aliphatic heterocycles. The van der Waals surface area contributed by atoms with Gasteiger partial charge in [-0.3, -0.25) is 4.79 Å². The predicted octanol–water partition coefficient (Wildman–Crippen LogP) is 4.67. The van der Waals surface area contributed by atoms with E-state index in [9.17, 15) is 4.79 Å². The number of methoxy groups -OCH3 is 2. The number of benzene rings is 2. The van der Waals surface area contributed by atoms with Crippen LogP contribution >= 0.6 is 11.3 Å². The summed E-state index contributed by atoms with van der Waals surface area (Å²) in [4.78, 5) is 17.2. The number of hydrogen-bond donors (Lipinski definition) is 1. The molecule has 148 valence electrons. The number of anilines is 1. The molecule has 1 amide bonds. The molecule has 4 rings (SSSR count). The average Bonchev–Trinajstić information content (AvgIpc) is 3.37. The van der Waals surface area contributed by atoms with E-state index in [0.717, 1.165) is 21.6 Å². The highest BCUT2D eigenvalue weighted by molar-refractivity contribution is 7.13. The highest BCUT2D eigenvalue weighted by Gasteiger charge is 2.17. The van der Waals surface area contributed by atoms with E-state index in [0.29, 0.717) is 30.3 Å². The summed E-state index contributed by atoms with van der Waals surface area (Å²) in [5, 5.41) is 6.59. The molecule has 1 N–H and O–H groups in total. The van der Waals surface area contributed by atoms with Crippen LogP contribution in [0.5, 0.6) is 5.75 Å². The maximum atomic E-state index is 12.7. The van der Waals surface area contributed by atoms with Crippen molar-refractivity contribution >= 4 is 33.8 Å². The largest absolute Gasteiger partial charge is 0.497 e. The summed E-state index contributed by atoms with van der Waals surface area (Å²) >= 11 is 1.45. The Morgan fingerprint density at radius 3 is 2.83 bits per heavy atom. The molecule has 0 saturated carbocycles. The number of aromatic nitrogens is 2. The number of carbonyl (C=O) groups is 1. The smallest absolute Gasteiger partial charge is 0.275 e. The highest BCUT2D eigenvalue weighted by Crippen LogP contribution is 2.31. The number of para-hydroxylation sites is 1. The first-order valence-electron chi connectivity index (χ1n) is 9.18. The zero-order valence-electron chi connectivity index (χ0n) is 16.2. The van der Waals surface area contributed by atoms with Crippen molar-refractivity contribution in [1.82, 2.24) is 9.55 Å². The summed E-state index contributed by atoms with van der Waals surface area (Å²) in [5.41, 5.74) is 3.15. The number of hydrogen-bond acceptors (Lipinski definition) is 5. The third kappa shape index (κ3) is 4.01. The molecule has 0 bridgehead atoms. The number of rotatable bonds is 7. The van der Waals surface area contributed by atoms with Crippen LogP contribution in [0.2, 0.25) is 0 Å². The van der Waals surface area contributed by atoms with Crippen molar-refractivity contribution in [3.8, 4) is 16.5 Å². The number of thiazole rings is 1. The van der Waals surface area contributed by atoms with E-state index in [2.05, 4.69) is 33.1 Å². The second-order valence-corrected chi connectivity index (χ2v) is 7.31. The predicted molar refractivity (Wildman–Crippen MR) is 116 cm³/mol. The van der Waals surface area contributed by atoms with Crippen LogP contribution in [-0.2, 0) is 11.3 Å². The van der Waals surface area contributed by atoms with Crippen molar-refractivity contribution < 1.29 is 14.3 Å². The Hall–Kier alpha value is -3.16. The van der Waals surface area contributed by atoms with E-state index in [1.165, 1.54) is 11.3 Å². The van der Waals surface area contributed by atoms with Crippen molar-refractivity contribution in [3.05, 3.63) is 65.7 Å². The van der Waals surface area contributed by atoms with Crippen LogP contribution < -0.4 is 10.1 Å². The Bertz CT molecular complexity index is 1150. The first-order chi connectivity index (χ1) is 14.2. The summed E-state index contributed by atoms with van der Waals surface area (Å²) in [5.74, 6) is 0.435. The lowest BCUT2D eigenvalue weighted by Crippen LogP contribution is -2.12. The molecular weight excluding hydrogens is 386 g/mol. The lowest BCUT2D eigenvalue weighted by atomic mass is 10.2. The first kappa shape index (κ1) is 19.2. The summed E-state index contributed by atoms with van der Waals surface area (Å²) in [6, 6.07) is 17.5. The lowest BCUT2D eigenvalue weighted by molar-refractivity contribution is 0.102. The zero-order chi connectivity index (χ0) is 20.2. The van der Waals surface area contributed by atoms with Gasteiger partial charge in [0.15, 0.2) is 0 Å². The Balaban J connectivity index is 1.62. The number of ether oxygens (including phenoxy) is 2. The molecule has 0 radical (unpaired) electrons. The van der Waals surface area contributed by atoms with E-state index in [1.54, 1.807) is 25.7 Å². The molecule has 0 aliphatic rings. The van der Waals surface area contributed by atoms with Gasteiger partial charge in [0.05, 0.1) is 19.4 Å². The van der Waals surface area contributed by atoms with Gasteiger partial charge in [-0.2, -0.15) is 0 Å². The van der Waals surface area contributed by atoms with Crippen molar-refractivity contribution in [2.75, 3.05) is 26.1 Å². The molecule has 0 atom stereocenters. The summed E-state index contributed by atoms with van der Waals surface area (Å²) in [6.45, 7) is 1.31. The topological polar surface area (TPSA) is 65.4 Å². The molecule has 0 aliphatic carbocycles. The Morgan fingerprint density at radius 1 is 1.14 bits per heavy atom. The van der Waals surface area contributed by atoms with E-state index < -0.39 is 0 Å². The Labute approximate surface area is 172 Å². The maximum Gasteiger partial charge on any atom is 0.275 e. The molecule has 6 nitrogen and oxygen atoms in total. The second kappa shape index (κ2) is 8.46. The summed E-state index contributed by atoms with van der Waals surface area (Å²) < 4.78 is 12.7. The normalized spacial score (nSPS) is 11.0. The van der Waals surface area contributed by atoms with Crippen LogP contribution in [0.3, 0.4) is 0 Å². The number of carbonyl (C=O) groups excluding carboxylic acids is 1. The molecule has 2 heterocycles. The van der Waals surface area contributed by atoms with Gasteiger partial charge in [-0.15, -0.1) is 11.3 Å². The molecule has 2 aromatic heterocycles. The number of nitrogens with one attached hydrogen (secondary N) is 1. The molecule has 0 saturated heterocycles. The van der Waals surface area contributed by atoms with Crippen molar-refractivity contribution in [2.45, 2.75) is 6.54 Å². The molecule has 0 spiro atoms. The van der Waals surface area contributed by atoms with Gasteiger partial charge in [-0.25, -0.2) is 4.98 Å². The maximum absolute atomic E-state index is 12.7. The van der Waals surface area contributed by atoms with Gasteiger partial charge in [-0.05, 0) is 24.3 Å². The molecule has 29 heavy (non-hydrogen) atoms. The molecule has 0 fully saturated rings. The quantitative estimate of drug-likeness (QED) is 0.483. The van der Waals surface area contributed by atoms with Crippen LogP contribution in [-0.4, -0.2) is 36.3 Å². The van der Waals surface area contributed by atoms with E-state index >= 15 is 0 Å². The van der Waals surface area contributed by atoms with Gasteiger partial charge in [0.2, 0.25) is 0 Å². The SMILES string of the molecule is COCCn1c(-c2nc(C(=O)Nc3cccc(OC)c3)cs2)cc2ccccc21. The Kier molecular flexibility index (Phi) is 5.59. The van der Waals surface area contributed by atoms with Gasteiger partial charge < -0.3 is 19.4 Å². The molecule has 7 heteroatoms. The molecular formula is C22H21N3O3S. The van der Waals surface area contributed by atoms with Crippen LogP contribution in [0.25, 0.3) is 21.6 Å². The van der Waals surface area contributed by atoms with Crippen LogP contribution in [0.15, 0.2) is 60.0 Å².